The quantitative estimate of drug-likeness (QED) is 0.357. The summed E-state index contributed by atoms with van der Waals surface area (Å²) in [7, 11) is 0. The summed E-state index contributed by atoms with van der Waals surface area (Å²) in [6.45, 7) is 9.40. The average Bonchev–Trinajstić information content (AvgIpc) is 2.79. The molecule has 182 valence electrons. The van der Waals surface area contributed by atoms with Crippen molar-refractivity contribution in [2.75, 3.05) is 26.4 Å². The summed E-state index contributed by atoms with van der Waals surface area (Å²) in [6.07, 6.45) is 1.32. The van der Waals surface area contributed by atoms with Gasteiger partial charge < -0.3 is 24.1 Å². The summed E-state index contributed by atoms with van der Waals surface area (Å²) in [5, 5.41) is 9.26. The smallest absolute Gasteiger partial charge is 0.333 e. The number of allylic oxidation sites excluding steroid dienone is 1. The lowest BCUT2D eigenvalue weighted by Gasteiger charge is -2.13. The summed E-state index contributed by atoms with van der Waals surface area (Å²) in [5.41, 5.74) is 2.53. The molecule has 0 unspecified atom stereocenters. The Labute approximate surface area is 210 Å². The van der Waals surface area contributed by atoms with Crippen LogP contribution >= 0.6 is 15.9 Å². The van der Waals surface area contributed by atoms with Gasteiger partial charge in [-0.2, -0.15) is 0 Å². The fourth-order valence-corrected chi connectivity index (χ4v) is 3.58. The summed E-state index contributed by atoms with van der Waals surface area (Å²) in [5.74, 6) is 7.42. The molecular weight excluding hydrogens is 500 g/mol. The standard InChI is InChI=1S/C27H31BrO6/c1-5-31-22-14-20(15-23(18-22)32-6-2)9-8-19(4)12-13-34-25-11-10-21(16-24(25)28)17-26(27(29)30)33-7-3/h10-12,14-16,18,26H,5-7,13,17H2,1-4H3,(H,29,30)/b19-12+/t26-/m0/s1. The van der Waals surface area contributed by atoms with Crippen molar-refractivity contribution in [3.05, 3.63) is 63.6 Å². The van der Waals surface area contributed by atoms with E-state index in [2.05, 4.69) is 27.8 Å². The Kier molecular flexibility index (Phi) is 11.5. The second-order valence-corrected chi connectivity index (χ2v) is 8.11. The summed E-state index contributed by atoms with van der Waals surface area (Å²) in [6, 6.07) is 11.1. The third-order valence-corrected chi connectivity index (χ3v) is 5.21. The molecule has 0 fully saturated rings. The van der Waals surface area contributed by atoms with Gasteiger partial charge in [-0.1, -0.05) is 17.9 Å². The number of carboxylic acids is 1. The predicted molar refractivity (Wildman–Crippen MR) is 136 cm³/mol. The molecule has 2 aromatic carbocycles. The number of carboxylic acid groups (broad SMARTS) is 1. The molecule has 2 aromatic rings. The van der Waals surface area contributed by atoms with Gasteiger partial charge in [0.2, 0.25) is 0 Å². The molecule has 0 aliphatic heterocycles. The van der Waals surface area contributed by atoms with E-state index in [1.807, 2.05) is 63.2 Å². The lowest BCUT2D eigenvalue weighted by atomic mass is 10.1. The van der Waals surface area contributed by atoms with Gasteiger partial charge in [-0.15, -0.1) is 0 Å². The van der Waals surface area contributed by atoms with Gasteiger partial charge in [0, 0.05) is 24.7 Å². The first-order chi connectivity index (χ1) is 16.4. The Balaban J connectivity index is 2.01. The van der Waals surface area contributed by atoms with Crippen molar-refractivity contribution in [1.82, 2.24) is 0 Å². The molecule has 0 saturated carbocycles. The fourth-order valence-electron chi connectivity index (χ4n) is 3.04. The highest BCUT2D eigenvalue weighted by Gasteiger charge is 2.18. The molecule has 0 radical (unpaired) electrons. The Morgan fingerprint density at radius 1 is 1.03 bits per heavy atom. The van der Waals surface area contributed by atoms with Crippen molar-refractivity contribution in [1.29, 1.82) is 0 Å². The number of ether oxygens (including phenoxy) is 4. The SMILES string of the molecule is CCOc1cc(C#C/C(C)=C/COc2ccc(C[C@H](OCC)C(=O)O)cc2Br)cc(OCC)c1. The fraction of sp³-hybridized carbons (Fsp3) is 0.370. The molecule has 0 bridgehead atoms. The second-order valence-electron chi connectivity index (χ2n) is 7.26. The molecule has 34 heavy (non-hydrogen) atoms. The van der Waals surface area contributed by atoms with E-state index < -0.39 is 12.1 Å². The molecule has 0 aliphatic rings. The molecule has 0 aromatic heterocycles. The van der Waals surface area contributed by atoms with Gasteiger partial charge in [-0.3, -0.25) is 0 Å². The van der Waals surface area contributed by atoms with Gasteiger partial charge in [0.05, 0.1) is 17.7 Å². The van der Waals surface area contributed by atoms with Crippen LogP contribution in [-0.4, -0.2) is 43.6 Å². The summed E-state index contributed by atoms with van der Waals surface area (Å²) < 4.78 is 23.1. The van der Waals surface area contributed by atoms with Crippen molar-refractivity contribution < 1.29 is 28.8 Å². The van der Waals surface area contributed by atoms with Crippen molar-refractivity contribution >= 4 is 21.9 Å². The van der Waals surface area contributed by atoms with Crippen molar-refractivity contribution in [2.45, 2.75) is 40.2 Å². The molecule has 6 nitrogen and oxygen atoms in total. The van der Waals surface area contributed by atoms with Crippen LogP contribution in [0.4, 0.5) is 0 Å². The van der Waals surface area contributed by atoms with Gasteiger partial charge >= 0.3 is 5.97 Å². The van der Waals surface area contributed by atoms with Crippen LogP contribution < -0.4 is 14.2 Å². The maximum Gasteiger partial charge on any atom is 0.333 e. The van der Waals surface area contributed by atoms with E-state index in [0.29, 0.717) is 32.2 Å². The monoisotopic (exact) mass is 530 g/mol. The number of hydrogen-bond donors (Lipinski definition) is 1. The predicted octanol–water partition coefficient (Wildman–Crippen LogP) is 5.66. The third kappa shape index (κ3) is 9.12. The van der Waals surface area contributed by atoms with Crippen LogP contribution in [0.2, 0.25) is 0 Å². The van der Waals surface area contributed by atoms with Crippen LogP contribution in [0.1, 0.15) is 38.8 Å². The number of benzene rings is 2. The summed E-state index contributed by atoms with van der Waals surface area (Å²) >= 11 is 3.49. The Morgan fingerprint density at radius 2 is 1.71 bits per heavy atom. The first-order valence-corrected chi connectivity index (χ1v) is 12.0. The summed E-state index contributed by atoms with van der Waals surface area (Å²) in [4.78, 5) is 11.3. The lowest BCUT2D eigenvalue weighted by molar-refractivity contribution is -0.149. The molecule has 1 N–H and O–H groups in total. The van der Waals surface area contributed by atoms with E-state index in [0.717, 1.165) is 32.7 Å². The molecule has 0 amide bonds. The van der Waals surface area contributed by atoms with E-state index in [4.69, 9.17) is 18.9 Å². The van der Waals surface area contributed by atoms with E-state index in [-0.39, 0.29) is 6.42 Å². The van der Waals surface area contributed by atoms with E-state index in [1.54, 1.807) is 6.92 Å². The van der Waals surface area contributed by atoms with E-state index in [1.165, 1.54) is 0 Å². The van der Waals surface area contributed by atoms with Crippen LogP contribution in [0.5, 0.6) is 17.2 Å². The molecule has 7 heteroatoms. The number of carbonyl (C=O) groups is 1. The highest BCUT2D eigenvalue weighted by molar-refractivity contribution is 9.10. The van der Waals surface area contributed by atoms with Crippen LogP contribution in [-0.2, 0) is 16.0 Å². The van der Waals surface area contributed by atoms with Crippen molar-refractivity contribution in [3.8, 4) is 29.1 Å². The minimum absolute atomic E-state index is 0.284. The van der Waals surface area contributed by atoms with Crippen LogP contribution in [0.3, 0.4) is 0 Å². The van der Waals surface area contributed by atoms with E-state index >= 15 is 0 Å². The highest BCUT2D eigenvalue weighted by Crippen LogP contribution is 2.27. The zero-order valence-electron chi connectivity index (χ0n) is 20.0. The van der Waals surface area contributed by atoms with Crippen molar-refractivity contribution in [3.63, 3.8) is 0 Å². The lowest BCUT2D eigenvalue weighted by Crippen LogP contribution is -2.26. The van der Waals surface area contributed by atoms with Gasteiger partial charge in [0.15, 0.2) is 6.10 Å². The van der Waals surface area contributed by atoms with Gasteiger partial charge in [-0.05, 0) is 85.1 Å². The molecule has 1 atom stereocenters. The molecular formula is C27H31BrO6. The minimum atomic E-state index is -0.973. The first kappa shape index (κ1) is 27.3. The Morgan fingerprint density at radius 3 is 2.26 bits per heavy atom. The second kappa shape index (κ2) is 14.3. The Hall–Kier alpha value is -2.95. The maximum absolute atomic E-state index is 11.3. The number of aliphatic carboxylic acids is 1. The minimum Gasteiger partial charge on any atom is -0.494 e. The molecule has 0 saturated heterocycles. The Bertz CT molecular complexity index is 1030. The third-order valence-electron chi connectivity index (χ3n) is 4.60. The van der Waals surface area contributed by atoms with Gasteiger partial charge in [0.1, 0.15) is 23.9 Å². The number of hydrogen-bond acceptors (Lipinski definition) is 5. The van der Waals surface area contributed by atoms with Crippen LogP contribution in [0.25, 0.3) is 0 Å². The largest absolute Gasteiger partial charge is 0.494 e. The van der Waals surface area contributed by atoms with Crippen LogP contribution in [0, 0.1) is 11.8 Å². The molecule has 0 spiro atoms. The van der Waals surface area contributed by atoms with Gasteiger partial charge in [-0.25, -0.2) is 4.79 Å². The average molecular weight is 531 g/mol. The number of halogens is 1. The molecule has 0 aliphatic carbocycles. The first-order valence-electron chi connectivity index (χ1n) is 11.2. The number of rotatable bonds is 12. The van der Waals surface area contributed by atoms with E-state index in [9.17, 15) is 9.90 Å². The zero-order valence-corrected chi connectivity index (χ0v) is 21.6. The highest BCUT2D eigenvalue weighted by atomic mass is 79.9. The topological polar surface area (TPSA) is 74.2 Å². The van der Waals surface area contributed by atoms with Gasteiger partial charge in [0.25, 0.3) is 0 Å². The normalized spacial score (nSPS) is 11.9. The molecule has 0 heterocycles. The maximum atomic E-state index is 11.3. The van der Waals surface area contributed by atoms with Crippen molar-refractivity contribution in [2.24, 2.45) is 0 Å². The zero-order chi connectivity index (χ0) is 24.9. The van der Waals surface area contributed by atoms with Crippen LogP contribution in [0.15, 0.2) is 52.5 Å². The molecule has 2 rings (SSSR count).